The molecule has 0 radical (unpaired) electrons. The number of nitrogens with zero attached hydrogens (tertiary/aromatic N) is 1. The average Bonchev–Trinajstić information content (AvgIpc) is 2.60. The lowest BCUT2D eigenvalue weighted by molar-refractivity contribution is -0.384. The normalized spacial score (nSPS) is 9.96. The number of hydrogen-bond acceptors (Lipinski definition) is 6. The number of amides is 1. The molecule has 0 bridgehead atoms. The van der Waals surface area contributed by atoms with E-state index in [0.717, 1.165) is 0 Å². The summed E-state index contributed by atoms with van der Waals surface area (Å²) in [7, 11) is 0. The molecule has 0 atom stereocenters. The molecule has 0 aromatic heterocycles. The molecule has 0 saturated carbocycles. The van der Waals surface area contributed by atoms with Crippen molar-refractivity contribution >= 4 is 34.9 Å². The first-order valence-corrected chi connectivity index (χ1v) is 7.41. The number of halogens is 1. The van der Waals surface area contributed by atoms with Gasteiger partial charge in [-0.15, -0.1) is 0 Å². The third-order valence-corrected chi connectivity index (χ3v) is 3.25. The number of nitrogens with one attached hydrogen (secondary N) is 1. The van der Waals surface area contributed by atoms with E-state index in [1.54, 1.807) is 24.3 Å². The van der Waals surface area contributed by atoms with E-state index in [1.807, 2.05) is 0 Å². The van der Waals surface area contributed by atoms with Crippen molar-refractivity contribution in [1.82, 2.24) is 0 Å². The fourth-order valence-corrected chi connectivity index (χ4v) is 1.93. The number of hydrogen-bond donors (Lipinski definition) is 1. The summed E-state index contributed by atoms with van der Waals surface area (Å²) < 4.78 is 9.89. The highest BCUT2D eigenvalue weighted by molar-refractivity contribution is 6.33. The lowest BCUT2D eigenvalue weighted by atomic mass is 10.3. The maximum absolute atomic E-state index is 11.7. The molecule has 0 fully saturated rings. The molecule has 0 aliphatic carbocycles. The van der Waals surface area contributed by atoms with Crippen LogP contribution in [0.5, 0.6) is 5.75 Å². The number of anilines is 1. The Hall–Kier alpha value is -3.13. The summed E-state index contributed by atoms with van der Waals surface area (Å²) >= 11 is 5.89. The molecule has 0 aliphatic rings. The Bertz CT molecular complexity index is 778. The number of nitro groups is 1. The molecule has 2 aromatic rings. The fraction of sp³-hybridized carbons (Fsp3) is 0.125. The Labute approximate surface area is 147 Å². The summed E-state index contributed by atoms with van der Waals surface area (Å²) in [5.41, 5.74) is 0.318. The Morgan fingerprint density at radius 2 is 1.76 bits per heavy atom. The number of para-hydroxylation sites is 1. The molecule has 1 amide bonds. The van der Waals surface area contributed by atoms with E-state index in [-0.39, 0.29) is 11.4 Å². The van der Waals surface area contributed by atoms with Crippen molar-refractivity contribution in [3.05, 3.63) is 63.7 Å². The van der Waals surface area contributed by atoms with Crippen molar-refractivity contribution in [3.63, 3.8) is 0 Å². The molecule has 130 valence electrons. The first-order chi connectivity index (χ1) is 12.0. The SMILES string of the molecule is O=C(COC(=O)COc1ccc([N+](=O)[O-])cc1)Nc1ccccc1Cl. The van der Waals surface area contributed by atoms with Gasteiger partial charge in [-0.25, -0.2) is 4.79 Å². The van der Waals surface area contributed by atoms with Gasteiger partial charge >= 0.3 is 5.97 Å². The van der Waals surface area contributed by atoms with Crippen LogP contribution in [-0.2, 0) is 14.3 Å². The Morgan fingerprint density at radius 1 is 1.08 bits per heavy atom. The second-order valence-corrected chi connectivity index (χ2v) is 5.14. The quantitative estimate of drug-likeness (QED) is 0.460. The van der Waals surface area contributed by atoms with Crippen LogP contribution in [0, 0.1) is 10.1 Å². The Balaban J connectivity index is 1.74. The highest BCUT2D eigenvalue weighted by Gasteiger charge is 2.11. The predicted molar refractivity (Wildman–Crippen MR) is 89.6 cm³/mol. The van der Waals surface area contributed by atoms with Gasteiger partial charge in [0.15, 0.2) is 13.2 Å². The van der Waals surface area contributed by atoms with E-state index in [1.165, 1.54) is 24.3 Å². The number of esters is 1. The maximum atomic E-state index is 11.7. The van der Waals surface area contributed by atoms with Gasteiger partial charge in [-0.2, -0.15) is 0 Å². The zero-order chi connectivity index (χ0) is 18.2. The van der Waals surface area contributed by atoms with Crippen LogP contribution >= 0.6 is 11.6 Å². The van der Waals surface area contributed by atoms with E-state index >= 15 is 0 Å². The topological polar surface area (TPSA) is 108 Å². The molecule has 2 aromatic carbocycles. The van der Waals surface area contributed by atoms with Gasteiger partial charge in [-0.3, -0.25) is 14.9 Å². The van der Waals surface area contributed by atoms with Crippen LogP contribution in [0.4, 0.5) is 11.4 Å². The molecule has 0 aliphatic heterocycles. The number of carbonyl (C=O) groups is 2. The number of ether oxygens (including phenoxy) is 2. The summed E-state index contributed by atoms with van der Waals surface area (Å²) in [5.74, 6) is -1.03. The van der Waals surface area contributed by atoms with Gasteiger partial charge < -0.3 is 14.8 Å². The van der Waals surface area contributed by atoms with Crippen molar-refractivity contribution in [3.8, 4) is 5.75 Å². The van der Waals surface area contributed by atoms with E-state index in [0.29, 0.717) is 10.7 Å². The first kappa shape index (κ1) is 18.2. The molecule has 25 heavy (non-hydrogen) atoms. The van der Waals surface area contributed by atoms with E-state index < -0.39 is 30.0 Å². The van der Waals surface area contributed by atoms with Gasteiger partial charge in [-0.1, -0.05) is 23.7 Å². The van der Waals surface area contributed by atoms with Crippen LogP contribution in [0.3, 0.4) is 0 Å². The van der Waals surface area contributed by atoms with Gasteiger partial charge in [-0.05, 0) is 24.3 Å². The molecule has 2 rings (SSSR count). The highest BCUT2D eigenvalue weighted by Crippen LogP contribution is 2.20. The van der Waals surface area contributed by atoms with Crippen LogP contribution < -0.4 is 10.1 Å². The number of benzene rings is 2. The molecule has 0 saturated heterocycles. The largest absolute Gasteiger partial charge is 0.482 e. The lowest BCUT2D eigenvalue weighted by Crippen LogP contribution is -2.23. The van der Waals surface area contributed by atoms with Crippen molar-refractivity contribution < 1.29 is 24.0 Å². The van der Waals surface area contributed by atoms with Gasteiger partial charge in [0.1, 0.15) is 5.75 Å². The first-order valence-electron chi connectivity index (χ1n) is 7.03. The van der Waals surface area contributed by atoms with Gasteiger partial charge in [0.25, 0.3) is 11.6 Å². The average molecular weight is 365 g/mol. The van der Waals surface area contributed by atoms with Gasteiger partial charge in [0.2, 0.25) is 0 Å². The van der Waals surface area contributed by atoms with Crippen LogP contribution in [0.2, 0.25) is 5.02 Å². The fourth-order valence-electron chi connectivity index (χ4n) is 1.74. The maximum Gasteiger partial charge on any atom is 0.344 e. The third-order valence-electron chi connectivity index (χ3n) is 2.92. The Morgan fingerprint density at radius 3 is 2.40 bits per heavy atom. The minimum Gasteiger partial charge on any atom is -0.482 e. The summed E-state index contributed by atoms with van der Waals surface area (Å²) in [5, 5.41) is 13.4. The van der Waals surface area contributed by atoms with Gasteiger partial charge in [0.05, 0.1) is 15.6 Å². The molecule has 8 nitrogen and oxygen atoms in total. The van der Waals surface area contributed by atoms with Crippen LogP contribution in [0.15, 0.2) is 48.5 Å². The van der Waals surface area contributed by atoms with Crippen LogP contribution in [0.25, 0.3) is 0 Å². The molecule has 0 heterocycles. The lowest BCUT2D eigenvalue weighted by Gasteiger charge is -2.08. The molecule has 0 spiro atoms. The summed E-state index contributed by atoms with van der Waals surface area (Å²) in [6.45, 7) is -0.926. The number of rotatable bonds is 7. The number of non-ortho nitro benzene ring substituents is 1. The molecule has 0 unspecified atom stereocenters. The zero-order valence-electron chi connectivity index (χ0n) is 12.8. The molecule has 9 heteroatoms. The van der Waals surface area contributed by atoms with Crippen molar-refractivity contribution in [2.24, 2.45) is 0 Å². The molecular formula is C16H13ClN2O6. The van der Waals surface area contributed by atoms with Crippen LogP contribution in [0.1, 0.15) is 0 Å². The summed E-state index contributed by atoms with van der Waals surface area (Å²) in [4.78, 5) is 33.2. The highest BCUT2D eigenvalue weighted by atomic mass is 35.5. The van der Waals surface area contributed by atoms with E-state index in [4.69, 9.17) is 21.1 Å². The minimum atomic E-state index is -0.757. The smallest absolute Gasteiger partial charge is 0.344 e. The minimum absolute atomic E-state index is 0.0915. The standard InChI is InChI=1S/C16H13ClN2O6/c17-13-3-1-2-4-14(13)18-15(20)9-25-16(21)10-24-12-7-5-11(6-8-12)19(22)23/h1-8H,9-10H2,(H,18,20). The van der Waals surface area contributed by atoms with E-state index in [9.17, 15) is 19.7 Å². The number of nitro benzene ring substituents is 1. The summed E-state index contributed by atoms with van der Waals surface area (Å²) in [6.07, 6.45) is 0. The monoisotopic (exact) mass is 364 g/mol. The van der Waals surface area contributed by atoms with Gasteiger partial charge in [0, 0.05) is 12.1 Å². The van der Waals surface area contributed by atoms with Crippen molar-refractivity contribution in [1.29, 1.82) is 0 Å². The van der Waals surface area contributed by atoms with Crippen molar-refractivity contribution in [2.75, 3.05) is 18.5 Å². The van der Waals surface area contributed by atoms with Crippen molar-refractivity contribution in [2.45, 2.75) is 0 Å². The zero-order valence-corrected chi connectivity index (χ0v) is 13.6. The predicted octanol–water partition coefficient (Wildman–Crippen LogP) is 2.81. The second kappa shape index (κ2) is 8.65. The molecule has 1 N–H and O–H groups in total. The Kier molecular flexibility index (Phi) is 6.30. The number of carbonyl (C=O) groups excluding carboxylic acids is 2. The third kappa shape index (κ3) is 5.78. The van der Waals surface area contributed by atoms with E-state index in [2.05, 4.69) is 5.32 Å². The summed E-state index contributed by atoms with van der Waals surface area (Å²) in [6, 6.07) is 11.8. The molecular weight excluding hydrogens is 352 g/mol. The van der Waals surface area contributed by atoms with Crippen LogP contribution in [-0.4, -0.2) is 30.0 Å². The second-order valence-electron chi connectivity index (χ2n) is 4.73.